The van der Waals surface area contributed by atoms with Gasteiger partial charge in [-0.25, -0.2) is 0 Å². The Morgan fingerprint density at radius 3 is 2.48 bits per heavy atom. The van der Waals surface area contributed by atoms with Gasteiger partial charge in [0.15, 0.2) is 0 Å². The fraction of sp³-hybridized carbons (Fsp3) is 0.611. The molecular weight excluding hydrogens is 294 g/mol. The van der Waals surface area contributed by atoms with Gasteiger partial charge in [0.2, 0.25) is 5.91 Å². The van der Waals surface area contributed by atoms with Crippen molar-refractivity contribution in [3.63, 3.8) is 0 Å². The first-order chi connectivity index (χ1) is 11.2. The van der Waals surface area contributed by atoms with Crippen molar-refractivity contribution in [2.75, 3.05) is 33.0 Å². The highest BCUT2D eigenvalue weighted by Gasteiger charge is 2.40. The fourth-order valence-electron chi connectivity index (χ4n) is 3.49. The van der Waals surface area contributed by atoms with Crippen LogP contribution >= 0.6 is 0 Å². The summed E-state index contributed by atoms with van der Waals surface area (Å²) >= 11 is 0. The van der Waals surface area contributed by atoms with Crippen molar-refractivity contribution in [2.24, 2.45) is 11.8 Å². The molecule has 1 amide bonds. The molecule has 5 heteroatoms. The first-order valence-corrected chi connectivity index (χ1v) is 8.41. The van der Waals surface area contributed by atoms with Gasteiger partial charge in [-0.1, -0.05) is 30.3 Å². The number of hydrogen-bond acceptors (Lipinski definition) is 4. The van der Waals surface area contributed by atoms with Crippen LogP contribution in [0.4, 0.5) is 0 Å². The minimum Gasteiger partial charge on any atom is -0.383 e. The van der Waals surface area contributed by atoms with E-state index in [-0.39, 0.29) is 24.3 Å². The number of aliphatic hydroxyl groups is 1. The first kappa shape index (κ1) is 16.4. The van der Waals surface area contributed by atoms with Crippen molar-refractivity contribution < 1.29 is 19.4 Å². The van der Waals surface area contributed by atoms with Gasteiger partial charge in [-0.15, -0.1) is 0 Å². The smallest absolute Gasteiger partial charge is 0.225 e. The van der Waals surface area contributed by atoms with Gasteiger partial charge in [-0.05, 0) is 30.7 Å². The molecule has 2 aliphatic rings. The van der Waals surface area contributed by atoms with Crippen molar-refractivity contribution in [2.45, 2.75) is 24.9 Å². The van der Waals surface area contributed by atoms with Crippen LogP contribution in [-0.4, -0.2) is 44.0 Å². The molecule has 2 fully saturated rings. The quantitative estimate of drug-likeness (QED) is 0.862. The van der Waals surface area contributed by atoms with Crippen LogP contribution in [0.5, 0.6) is 0 Å². The summed E-state index contributed by atoms with van der Waals surface area (Å²) < 4.78 is 10.7. The topological polar surface area (TPSA) is 67.8 Å². The van der Waals surface area contributed by atoms with Gasteiger partial charge in [0.1, 0.15) is 5.60 Å². The number of amides is 1. The Morgan fingerprint density at radius 1 is 1.13 bits per heavy atom. The van der Waals surface area contributed by atoms with E-state index in [1.807, 2.05) is 30.3 Å². The largest absolute Gasteiger partial charge is 0.383 e. The summed E-state index contributed by atoms with van der Waals surface area (Å²) in [5.41, 5.74) is -0.199. The lowest BCUT2D eigenvalue weighted by Crippen LogP contribution is -2.48. The highest BCUT2D eigenvalue weighted by Crippen LogP contribution is 2.35. The molecule has 2 heterocycles. The van der Waals surface area contributed by atoms with Crippen molar-refractivity contribution >= 4 is 5.91 Å². The van der Waals surface area contributed by atoms with E-state index in [0.29, 0.717) is 26.4 Å². The van der Waals surface area contributed by atoms with E-state index in [4.69, 9.17) is 9.47 Å². The summed E-state index contributed by atoms with van der Waals surface area (Å²) in [5.74, 6) is -0.0348. The van der Waals surface area contributed by atoms with Crippen molar-refractivity contribution in [3.8, 4) is 0 Å². The Morgan fingerprint density at radius 2 is 1.83 bits per heavy atom. The molecule has 0 radical (unpaired) electrons. The molecule has 2 aliphatic heterocycles. The Hall–Kier alpha value is -1.43. The number of carbonyl (C=O) groups excluding carboxylic acids is 1. The summed E-state index contributed by atoms with van der Waals surface area (Å²) in [7, 11) is 0. The molecule has 2 atom stereocenters. The Labute approximate surface area is 137 Å². The van der Waals surface area contributed by atoms with E-state index < -0.39 is 5.60 Å². The molecule has 0 spiro atoms. The lowest BCUT2D eigenvalue weighted by Gasteiger charge is -2.39. The molecule has 0 unspecified atom stereocenters. The fourth-order valence-corrected chi connectivity index (χ4v) is 3.49. The predicted molar refractivity (Wildman–Crippen MR) is 85.8 cm³/mol. The molecular formula is C18H25NO4. The highest BCUT2D eigenvalue weighted by atomic mass is 16.5. The van der Waals surface area contributed by atoms with Gasteiger partial charge in [0.05, 0.1) is 19.1 Å². The second kappa shape index (κ2) is 7.43. The zero-order valence-corrected chi connectivity index (χ0v) is 13.4. The predicted octanol–water partition coefficient (Wildman–Crippen LogP) is 1.45. The SMILES string of the molecule is O=C(NC[C@@](O)(c1ccccc1)C1CCOCC1)[C@@H]1CCOC1. The summed E-state index contributed by atoms with van der Waals surface area (Å²) in [6, 6.07) is 9.64. The number of ether oxygens (including phenoxy) is 2. The molecule has 5 nitrogen and oxygen atoms in total. The van der Waals surface area contributed by atoms with Crippen molar-refractivity contribution in [1.82, 2.24) is 5.32 Å². The molecule has 0 saturated carbocycles. The average Bonchev–Trinajstić information content (AvgIpc) is 3.16. The molecule has 126 valence electrons. The van der Waals surface area contributed by atoms with Gasteiger partial charge in [0.25, 0.3) is 0 Å². The maximum Gasteiger partial charge on any atom is 0.225 e. The van der Waals surface area contributed by atoms with Gasteiger partial charge in [-0.3, -0.25) is 4.79 Å². The van der Waals surface area contributed by atoms with E-state index in [9.17, 15) is 9.90 Å². The van der Waals surface area contributed by atoms with Gasteiger partial charge in [-0.2, -0.15) is 0 Å². The van der Waals surface area contributed by atoms with Crippen LogP contribution in [0.2, 0.25) is 0 Å². The first-order valence-electron chi connectivity index (χ1n) is 8.41. The van der Waals surface area contributed by atoms with Gasteiger partial charge < -0.3 is 19.9 Å². The van der Waals surface area contributed by atoms with Crippen molar-refractivity contribution in [1.29, 1.82) is 0 Å². The van der Waals surface area contributed by atoms with Crippen LogP contribution < -0.4 is 5.32 Å². The molecule has 23 heavy (non-hydrogen) atoms. The normalized spacial score (nSPS) is 25.0. The van der Waals surface area contributed by atoms with Crippen LogP contribution in [0, 0.1) is 11.8 Å². The summed E-state index contributed by atoms with van der Waals surface area (Å²) in [6.45, 7) is 2.67. The maximum absolute atomic E-state index is 12.3. The van der Waals surface area contributed by atoms with Crippen molar-refractivity contribution in [3.05, 3.63) is 35.9 Å². The standard InChI is InChI=1S/C18H25NO4/c20-17(14-6-9-23-12-14)19-13-18(21,15-4-2-1-3-5-15)16-7-10-22-11-8-16/h1-5,14,16,21H,6-13H2,(H,19,20)/t14-,18-/m1/s1. The molecule has 2 saturated heterocycles. The molecule has 1 aromatic rings. The van der Waals surface area contributed by atoms with Gasteiger partial charge >= 0.3 is 0 Å². The second-order valence-corrected chi connectivity index (χ2v) is 6.46. The second-order valence-electron chi connectivity index (χ2n) is 6.46. The third-order valence-electron chi connectivity index (χ3n) is 5.00. The van der Waals surface area contributed by atoms with Crippen LogP contribution in [0.15, 0.2) is 30.3 Å². The molecule has 0 bridgehead atoms. The molecule has 1 aromatic carbocycles. The minimum absolute atomic E-state index is 0.0242. The number of rotatable bonds is 5. The number of carbonyl (C=O) groups is 1. The van der Waals surface area contributed by atoms with E-state index in [2.05, 4.69) is 5.32 Å². The Kier molecular flexibility index (Phi) is 5.30. The van der Waals surface area contributed by atoms with E-state index in [1.165, 1.54) is 0 Å². The van der Waals surface area contributed by atoms with E-state index in [0.717, 1.165) is 24.8 Å². The number of benzene rings is 1. The zero-order valence-electron chi connectivity index (χ0n) is 13.4. The number of hydrogen-bond donors (Lipinski definition) is 2. The number of nitrogens with one attached hydrogen (secondary N) is 1. The van der Waals surface area contributed by atoms with Crippen LogP contribution in [-0.2, 0) is 19.9 Å². The minimum atomic E-state index is -1.06. The van der Waals surface area contributed by atoms with E-state index in [1.54, 1.807) is 0 Å². The molecule has 0 aromatic heterocycles. The summed E-state index contributed by atoms with van der Waals surface area (Å²) in [6.07, 6.45) is 2.36. The molecule has 3 rings (SSSR count). The highest BCUT2D eigenvalue weighted by molar-refractivity contribution is 5.79. The average molecular weight is 319 g/mol. The van der Waals surface area contributed by atoms with Gasteiger partial charge in [0, 0.05) is 19.8 Å². The maximum atomic E-state index is 12.3. The Bertz CT molecular complexity index is 509. The van der Waals surface area contributed by atoms with Crippen LogP contribution in [0.3, 0.4) is 0 Å². The molecule has 0 aliphatic carbocycles. The van der Waals surface area contributed by atoms with Crippen LogP contribution in [0.25, 0.3) is 0 Å². The lowest BCUT2D eigenvalue weighted by molar-refractivity contribution is -0.128. The van der Waals surface area contributed by atoms with Crippen LogP contribution in [0.1, 0.15) is 24.8 Å². The Balaban J connectivity index is 1.73. The zero-order chi connectivity index (χ0) is 16.1. The van der Waals surface area contributed by atoms with E-state index >= 15 is 0 Å². The lowest BCUT2D eigenvalue weighted by atomic mass is 9.77. The summed E-state index contributed by atoms with van der Waals surface area (Å²) in [4.78, 5) is 12.3. The third kappa shape index (κ3) is 3.74. The summed E-state index contributed by atoms with van der Waals surface area (Å²) in [5, 5.41) is 14.3. The molecule has 2 N–H and O–H groups in total. The monoisotopic (exact) mass is 319 g/mol. The third-order valence-corrected chi connectivity index (χ3v) is 5.00.